The first-order valence-electron chi connectivity index (χ1n) is 11.7. The zero-order valence-electron chi connectivity index (χ0n) is 20.1. The molecule has 0 spiro atoms. The number of carbonyl (C=O) groups is 1. The molecular formula is C32H34O3. The van der Waals surface area contributed by atoms with Gasteiger partial charge in [0.2, 0.25) is 0 Å². The number of benzene rings is 4. The van der Waals surface area contributed by atoms with Crippen LogP contribution in [-0.4, -0.2) is 11.9 Å². The van der Waals surface area contributed by atoms with Gasteiger partial charge in [-0.15, -0.1) is 0 Å². The van der Waals surface area contributed by atoms with E-state index in [9.17, 15) is 4.79 Å². The van der Waals surface area contributed by atoms with Gasteiger partial charge in [-0.2, -0.15) is 0 Å². The van der Waals surface area contributed by atoms with E-state index in [1.807, 2.05) is 50.2 Å². The highest BCUT2D eigenvalue weighted by Gasteiger charge is 2.10. The number of carbonyl (C=O) groups excluding carboxylic acids is 1. The van der Waals surface area contributed by atoms with Crippen LogP contribution in [0, 0.1) is 0 Å². The SMILES string of the molecule is C.CC(C)Oc1ccc(C(=O)c2ccc(Oc3ccc(-c4ccc(C(C)C)cc4)cc3)cc2)cc1. The molecular weight excluding hydrogens is 432 g/mol. The van der Waals surface area contributed by atoms with Crippen LogP contribution in [0.1, 0.15) is 62.5 Å². The molecule has 3 nitrogen and oxygen atoms in total. The molecule has 0 saturated heterocycles. The molecule has 35 heavy (non-hydrogen) atoms. The van der Waals surface area contributed by atoms with Crippen molar-refractivity contribution in [3.63, 3.8) is 0 Å². The Kier molecular flexibility index (Phi) is 8.48. The van der Waals surface area contributed by atoms with Crippen LogP contribution >= 0.6 is 0 Å². The number of hydrogen-bond donors (Lipinski definition) is 0. The summed E-state index contributed by atoms with van der Waals surface area (Å²) in [6.07, 6.45) is 0.0987. The molecule has 0 bridgehead atoms. The van der Waals surface area contributed by atoms with Crippen molar-refractivity contribution < 1.29 is 14.3 Å². The molecule has 0 heterocycles. The fourth-order valence-electron chi connectivity index (χ4n) is 3.71. The Labute approximate surface area is 209 Å². The van der Waals surface area contributed by atoms with Crippen molar-refractivity contribution in [1.82, 2.24) is 0 Å². The number of ether oxygens (including phenoxy) is 2. The largest absolute Gasteiger partial charge is 0.491 e. The van der Waals surface area contributed by atoms with Gasteiger partial charge in [-0.25, -0.2) is 0 Å². The molecule has 0 aliphatic heterocycles. The van der Waals surface area contributed by atoms with Gasteiger partial charge in [0.15, 0.2) is 5.78 Å². The summed E-state index contributed by atoms with van der Waals surface area (Å²) in [4.78, 5) is 12.8. The summed E-state index contributed by atoms with van der Waals surface area (Å²) in [5.74, 6) is 2.69. The van der Waals surface area contributed by atoms with E-state index in [0.717, 1.165) is 17.1 Å². The third kappa shape index (κ3) is 6.60. The van der Waals surface area contributed by atoms with Crippen LogP contribution in [0.4, 0.5) is 0 Å². The fraction of sp³-hybridized carbons (Fsp3) is 0.219. The average molecular weight is 467 g/mol. The first-order chi connectivity index (χ1) is 16.4. The number of ketones is 1. The van der Waals surface area contributed by atoms with Crippen molar-refractivity contribution in [2.24, 2.45) is 0 Å². The van der Waals surface area contributed by atoms with Crippen LogP contribution in [0.15, 0.2) is 97.1 Å². The van der Waals surface area contributed by atoms with Crippen molar-refractivity contribution in [3.05, 3.63) is 114 Å². The zero-order valence-corrected chi connectivity index (χ0v) is 20.1. The lowest BCUT2D eigenvalue weighted by Crippen LogP contribution is -2.06. The summed E-state index contributed by atoms with van der Waals surface area (Å²) < 4.78 is 11.6. The van der Waals surface area contributed by atoms with Crippen LogP contribution in [-0.2, 0) is 0 Å². The minimum atomic E-state index is -0.0320. The van der Waals surface area contributed by atoms with Gasteiger partial charge >= 0.3 is 0 Å². The molecule has 4 rings (SSSR count). The van der Waals surface area contributed by atoms with Crippen LogP contribution < -0.4 is 9.47 Å². The molecule has 0 aromatic heterocycles. The smallest absolute Gasteiger partial charge is 0.193 e. The van der Waals surface area contributed by atoms with Gasteiger partial charge in [0.25, 0.3) is 0 Å². The Balaban J connectivity index is 0.00000342. The molecule has 0 fully saturated rings. The number of hydrogen-bond acceptors (Lipinski definition) is 3. The van der Waals surface area contributed by atoms with Crippen molar-refractivity contribution >= 4 is 5.78 Å². The van der Waals surface area contributed by atoms with Gasteiger partial charge in [-0.1, -0.05) is 57.7 Å². The van der Waals surface area contributed by atoms with Crippen LogP contribution in [0.3, 0.4) is 0 Å². The summed E-state index contributed by atoms with van der Waals surface area (Å²) in [5.41, 5.74) is 4.91. The topological polar surface area (TPSA) is 35.5 Å². The van der Waals surface area contributed by atoms with Crippen LogP contribution in [0.25, 0.3) is 11.1 Å². The van der Waals surface area contributed by atoms with Gasteiger partial charge in [0.05, 0.1) is 6.10 Å². The summed E-state index contributed by atoms with van der Waals surface area (Å²) in [7, 11) is 0. The van der Waals surface area contributed by atoms with Gasteiger partial charge < -0.3 is 9.47 Å². The van der Waals surface area contributed by atoms with Crippen molar-refractivity contribution in [3.8, 4) is 28.4 Å². The van der Waals surface area contributed by atoms with E-state index < -0.39 is 0 Å². The highest BCUT2D eigenvalue weighted by molar-refractivity contribution is 6.09. The highest BCUT2D eigenvalue weighted by Crippen LogP contribution is 2.27. The molecule has 0 amide bonds. The third-order valence-corrected chi connectivity index (χ3v) is 5.61. The maximum atomic E-state index is 12.8. The van der Waals surface area contributed by atoms with E-state index in [4.69, 9.17) is 9.47 Å². The van der Waals surface area contributed by atoms with E-state index >= 15 is 0 Å². The lowest BCUT2D eigenvalue weighted by atomic mass is 9.99. The average Bonchev–Trinajstić information content (AvgIpc) is 2.85. The second-order valence-corrected chi connectivity index (χ2v) is 8.95. The minimum absolute atomic E-state index is 0. The van der Waals surface area contributed by atoms with E-state index in [0.29, 0.717) is 22.8 Å². The molecule has 3 heteroatoms. The molecule has 0 aliphatic rings. The number of rotatable bonds is 8. The Morgan fingerprint density at radius 1 is 0.571 bits per heavy atom. The maximum Gasteiger partial charge on any atom is 0.193 e. The molecule has 0 unspecified atom stereocenters. The van der Waals surface area contributed by atoms with Crippen LogP contribution in [0.2, 0.25) is 0 Å². The minimum Gasteiger partial charge on any atom is -0.491 e. The Morgan fingerprint density at radius 2 is 0.971 bits per heavy atom. The standard InChI is InChI=1S/C31H30O3.CH4/c1-21(2)23-5-7-24(8-6-23)25-9-15-29(16-10-25)34-30-19-13-27(14-20-30)31(32)26-11-17-28(18-12-26)33-22(3)4;/h5-22H,1-4H3;1H4. The highest BCUT2D eigenvalue weighted by atomic mass is 16.5. The summed E-state index contributed by atoms with van der Waals surface area (Å²) in [6.45, 7) is 8.35. The second kappa shape index (κ2) is 11.5. The van der Waals surface area contributed by atoms with Crippen molar-refractivity contribution in [2.45, 2.75) is 47.1 Å². The normalized spacial score (nSPS) is 10.7. The van der Waals surface area contributed by atoms with Gasteiger partial charge in [0.1, 0.15) is 17.2 Å². The van der Waals surface area contributed by atoms with E-state index in [2.05, 4.69) is 50.2 Å². The molecule has 4 aromatic carbocycles. The third-order valence-electron chi connectivity index (χ3n) is 5.61. The molecule has 180 valence electrons. The van der Waals surface area contributed by atoms with E-state index in [1.54, 1.807) is 24.3 Å². The lowest BCUT2D eigenvalue weighted by molar-refractivity contribution is 0.103. The van der Waals surface area contributed by atoms with Crippen molar-refractivity contribution in [2.75, 3.05) is 0 Å². The van der Waals surface area contributed by atoms with Gasteiger partial charge in [-0.05, 0) is 97.1 Å². The monoisotopic (exact) mass is 466 g/mol. The second-order valence-electron chi connectivity index (χ2n) is 8.95. The quantitative estimate of drug-likeness (QED) is 0.243. The first kappa shape index (κ1) is 25.8. The fourth-order valence-corrected chi connectivity index (χ4v) is 3.71. The van der Waals surface area contributed by atoms with Gasteiger partial charge in [-0.3, -0.25) is 4.79 Å². The maximum absolute atomic E-state index is 12.8. The summed E-state index contributed by atoms with van der Waals surface area (Å²) >= 11 is 0. The first-order valence-corrected chi connectivity index (χ1v) is 11.7. The Bertz CT molecular complexity index is 1220. The lowest BCUT2D eigenvalue weighted by Gasteiger charge is -2.10. The molecule has 4 aromatic rings. The molecule has 0 aliphatic carbocycles. The van der Waals surface area contributed by atoms with Crippen molar-refractivity contribution in [1.29, 1.82) is 0 Å². The molecule has 0 radical (unpaired) electrons. The van der Waals surface area contributed by atoms with Gasteiger partial charge in [0, 0.05) is 11.1 Å². The molecule has 0 atom stereocenters. The Morgan fingerprint density at radius 3 is 1.40 bits per heavy atom. The summed E-state index contributed by atoms with van der Waals surface area (Å²) in [6, 6.07) is 31.2. The predicted molar refractivity (Wildman–Crippen MR) is 145 cm³/mol. The Hall–Kier alpha value is -3.85. The van der Waals surface area contributed by atoms with E-state index in [1.165, 1.54) is 11.1 Å². The molecule has 0 saturated carbocycles. The summed E-state index contributed by atoms with van der Waals surface area (Å²) in [5, 5.41) is 0. The van der Waals surface area contributed by atoms with E-state index in [-0.39, 0.29) is 19.3 Å². The van der Waals surface area contributed by atoms with Crippen LogP contribution in [0.5, 0.6) is 17.2 Å². The zero-order chi connectivity index (χ0) is 24.1. The predicted octanol–water partition coefficient (Wildman–Crippen LogP) is 8.92. The molecule has 0 N–H and O–H groups in total.